The number of halogens is 1. The Kier molecular flexibility index (Phi) is 5.39. The molecule has 4 rings (SSSR count). The first-order valence-corrected chi connectivity index (χ1v) is 9.78. The van der Waals surface area contributed by atoms with Gasteiger partial charge < -0.3 is 14.4 Å². The smallest absolute Gasteiger partial charge is 0.257 e. The molecule has 3 amide bonds. The van der Waals surface area contributed by atoms with Crippen molar-refractivity contribution in [3.8, 4) is 11.5 Å². The third-order valence-electron chi connectivity index (χ3n) is 5.16. The van der Waals surface area contributed by atoms with Crippen LogP contribution in [-0.4, -0.2) is 35.5 Å². The average molecular weight is 412 g/mol. The number of carbonyl (C=O) groups is 3. The molecule has 156 valence electrons. The summed E-state index contributed by atoms with van der Waals surface area (Å²) in [4.78, 5) is 41.0. The standard InChI is InChI=1S/C22H21FN2O5/c1-2-3-20(26)24(12-14-4-9-18-19(10-14)30-13-29-18)17-11-21(27)25(22(17)28)16-7-5-15(23)6-8-16/h4-10,17H,2-3,11-13H2,1H3. The van der Waals surface area contributed by atoms with Gasteiger partial charge in [0.2, 0.25) is 18.6 Å². The zero-order chi connectivity index (χ0) is 21.3. The monoisotopic (exact) mass is 412 g/mol. The molecule has 1 unspecified atom stereocenters. The van der Waals surface area contributed by atoms with Crippen LogP contribution in [-0.2, 0) is 20.9 Å². The van der Waals surface area contributed by atoms with Crippen LogP contribution in [0.3, 0.4) is 0 Å². The van der Waals surface area contributed by atoms with Crippen LogP contribution in [0.1, 0.15) is 31.7 Å². The fourth-order valence-electron chi connectivity index (χ4n) is 3.69. The number of amides is 3. The molecule has 0 aliphatic carbocycles. The molecule has 8 heteroatoms. The molecule has 0 bridgehead atoms. The number of nitrogens with zero attached hydrogens (tertiary/aromatic N) is 2. The van der Waals surface area contributed by atoms with Crippen LogP contribution in [0.2, 0.25) is 0 Å². The lowest BCUT2D eigenvalue weighted by atomic mass is 10.1. The molecule has 0 saturated carbocycles. The number of rotatable bonds is 6. The molecule has 1 fully saturated rings. The highest BCUT2D eigenvalue weighted by Crippen LogP contribution is 2.34. The van der Waals surface area contributed by atoms with Gasteiger partial charge >= 0.3 is 0 Å². The van der Waals surface area contributed by atoms with Crippen molar-refractivity contribution >= 4 is 23.4 Å². The summed E-state index contributed by atoms with van der Waals surface area (Å²) < 4.78 is 23.9. The molecular formula is C22H21FN2O5. The Morgan fingerprint density at radius 3 is 2.60 bits per heavy atom. The van der Waals surface area contributed by atoms with E-state index in [-0.39, 0.29) is 32.1 Å². The highest BCUT2D eigenvalue weighted by molar-refractivity contribution is 6.23. The summed E-state index contributed by atoms with van der Waals surface area (Å²) in [5.74, 6) is -0.371. The fourth-order valence-corrected chi connectivity index (χ4v) is 3.69. The van der Waals surface area contributed by atoms with Gasteiger partial charge in [0.1, 0.15) is 11.9 Å². The Bertz CT molecular complexity index is 992. The largest absolute Gasteiger partial charge is 0.454 e. The topological polar surface area (TPSA) is 76.2 Å². The third-order valence-corrected chi connectivity index (χ3v) is 5.16. The molecule has 2 aromatic carbocycles. The van der Waals surface area contributed by atoms with Gasteiger partial charge in [0.05, 0.1) is 12.1 Å². The van der Waals surface area contributed by atoms with Crippen LogP contribution in [0, 0.1) is 5.82 Å². The van der Waals surface area contributed by atoms with E-state index in [1.807, 2.05) is 6.92 Å². The van der Waals surface area contributed by atoms with Crippen molar-refractivity contribution in [1.82, 2.24) is 4.90 Å². The molecule has 7 nitrogen and oxygen atoms in total. The molecule has 0 spiro atoms. The van der Waals surface area contributed by atoms with Crippen molar-refractivity contribution in [3.05, 3.63) is 53.8 Å². The first-order valence-electron chi connectivity index (χ1n) is 9.78. The summed E-state index contributed by atoms with van der Waals surface area (Å²) >= 11 is 0. The van der Waals surface area contributed by atoms with Crippen molar-refractivity contribution in [3.63, 3.8) is 0 Å². The van der Waals surface area contributed by atoms with E-state index in [1.54, 1.807) is 18.2 Å². The van der Waals surface area contributed by atoms with E-state index in [4.69, 9.17) is 9.47 Å². The molecule has 1 saturated heterocycles. The number of fused-ring (bicyclic) bond motifs is 1. The van der Waals surface area contributed by atoms with Gasteiger partial charge in [0.25, 0.3) is 5.91 Å². The van der Waals surface area contributed by atoms with Gasteiger partial charge in [-0.05, 0) is 48.4 Å². The minimum atomic E-state index is -0.910. The molecule has 0 aromatic heterocycles. The Hall–Kier alpha value is -3.42. The number of ether oxygens (including phenoxy) is 2. The van der Waals surface area contributed by atoms with E-state index in [9.17, 15) is 18.8 Å². The summed E-state index contributed by atoms with van der Waals surface area (Å²) in [5, 5.41) is 0. The van der Waals surface area contributed by atoms with Crippen molar-refractivity contribution in [1.29, 1.82) is 0 Å². The Balaban J connectivity index is 1.60. The molecule has 2 aliphatic rings. The normalized spacial score (nSPS) is 17.5. The van der Waals surface area contributed by atoms with Gasteiger partial charge in [-0.2, -0.15) is 0 Å². The van der Waals surface area contributed by atoms with Gasteiger partial charge in [-0.1, -0.05) is 13.0 Å². The average Bonchev–Trinajstić information content (AvgIpc) is 3.31. The lowest BCUT2D eigenvalue weighted by Gasteiger charge is -2.28. The molecular weight excluding hydrogens is 391 g/mol. The number of imide groups is 1. The van der Waals surface area contributed by atoms with Gasteiger partial charge in [0.15, 0.2) is 11.5 Å². The predicted molar refractivity (Wildman–Crippen MR) is 105 cm³/mol. The molecule has 0 radical (unpaired) electrons. The molecule has 2 aliphatic heterocycles. The lowest BCUT2D eigenvalue weighted by Crippen LogP contribution is -2.45. The maximum Gasteiger partial charge on any atom is 0.257 e. The first-order chi connectivity index (χ1) is 14.5. The van der Waals surface area contributed by atoms with Crippen LogP contribution in [0.4, 0.5) is 10.1 Å². The fraction of sp³-hybridized carbons (Fsp3) is 0.318. The summed E-state index contributed by atoms with van der Waals surface area (Å²) in [6.45, 7) is 2.18. The predicted octanol–water partition coefficient (Wildman–Crippen LogP) is 3.02. The second kappa shape index (κ2) is 8.14. The Morgan fingerprint density at radius 2 is 1.87 bits per heavy atom. The van der Waals surface area contributed by atoms with Gasteiger partial charge in [-0.15, -0.1) is 0 Å². The lowest BCUT2D eigenvalue weighted by molar-refractivity contribution is -0.139. The minimum absolute atomic E-state index is 0.115. The molecule has 1 atom stereocenters. The summed E-state index contributed by atoms with van der Waals surface area (Å²) in [6, 6.07) is 9.56. The van der Waals surface area contributed by atoms with Crippen molar-refractivity contribution in [2.75, 3.05) is 11.7 Å². The first kappa shape index (κ1) is 19.9. The molecule has 0 N–H and O–H groups in total. The van der Waals surface area contributed by atoms with Crippen LogP contribution in [0.25, 0.3) is 0 Å². The summed E-state index contributed by atoms with van der Waals surface area (Å²) in [7, 11) is 0. The second-order valence-corrected chi connectivity index (χ2v) is 7.22. The number of benzene rings is 2. The maximum atomic E-state index is 13.2. The second-order valence-electron chi connectivity index (χ2n) is 7.22. The van der Waals surface area contributed by atoms with Gasteiger partial charge in [0, 0.05) is 13.0 Å². The van der Waals surface area contributed by atoms with E-state index in [2.05, 4.69) is 0 Å². The zero-order valence-electron chi connectivity index (χ0n) is 16.5. The van der Waals surface area contributed by atoms with Crippen LogP contribution in [0.5, 0.6) is 11.5 Å². The third kappa shape index (κ3) is 3.72. The van der Waals surface area contributed by atoms with Crippen molar-refractivity contribution in [2.45, 2.75) is 38.8 Å². The summed E-state index contributed by atoms with van der Waals surface area (Å²) in [5.41, 5.74) is 1.06. The molecule has 2 heterocycles. The highest BCUT2D eigenvalue weighted by atomic mass is 19.1. The Morgan fingerprint density at radius 1 is 1.13 bits per heavy atom. The van der Waals surface area contributed by atoms with Crippen LogP contribution in [0.15, 0.2) is 42.5 Å². The number of carbonyl (C=O) groups excluding carboxylic acids is 3. The SMILES string of the molecule is CCCC(=O)N(Cc1ccc2c(c1)OCO2)C1CC(=O)N(c2ccc(F)cc2)C1=O. The highest BCUT2D eigenvalue weighted by Gasteiger charge is 2.44. The van der Waals surface area contributed by atoms with Crippen molar-refractivity contribution in [2.24, 2.45) is 0 Å². The van der Waals surface area contributed by atoms with E-state index in [1.165, 1.54) is 29.2 Å². The Labute approximate surface area is 173 Å². The number of hydrogen-bond donors (Lipinski definition) is 0. The molecule has 2 aromatic rings. The summed E-state index contributed by atoms with van der Waals surface area (Å²) in [6.07, 6.45) is 0.766. The van der Waals surface area contributed by atoms with Gasteiger partial charge in [-0.25, -0.2) is 9.29 Å². The zero-order valence-corrected chi connectivity index (χ0v) is 16.5. The van der Waals surface area contributed by atoms with Crippen LogP contribution >= 0.6 is 0 Å². The quantitative estimate of drug-likeness (QED) is 0.682. The van der Waals surface area contributed by atoms with Crippen molar-refractivity contribution < 1.29 is 28.2 Å². The number of hydrogen-bond acceptors (Lipinski definition) is 5. The van der Waals surface area contributed by atoms with Crippen LogP contribution < -0.4 is 14.4 Å². The van der Waals surface area contributed by atoms with E-state index in [0.29, 0.717) is 23.6 Å². The van der Waals surface area contributed by atoms with E-state index in [0.717, 1.165) is 10.5 Å². The maximum absolute atomic E-state index is 13.2. The van der Waals surface area contributed by atoms with Gasteiger partial charge in [-0.3, -0.25) is 14.4 Å². The molecule has 30 heavy (non-hydrogen) atoms. The van der Waals surface area contributed by atoms with E-state index < -0.39 is 23.7 Å². The van der Waals surface area contributed by atoms with E-state index >= 15 is 0 Å². The number of anilines is 1. The minimum Gasteiger partial charge on any atom is -0.454 e.